The number of benzene rings is 1. The minimum absolute atomic E-state index is 0.127. The summed E-state index contributed by atoms with van der Waals surface area (Å²) in [5.74, 6) is 0.790. The van der Waals surface area contributed by atoms with Gasteiger partial charge in [0.15, 0.2) is 0 Å². The van der Waals surface area contributed by atoms with E-state index >= 15 is 0 Å². The largest absolute Gasteiger partial charge is 0.494 e. The van der Waals surface area contributed by atoms with E-state index in [2.05, 4.69) is 0 Å². The molecule has 0 aliphatic carbocycles. The summed E-state index contributed by atoms with van der Waals surface area (Å²) < 4.78 is 5.41. The fourth-order valence-electron chi connectivity index (χ4n) is 1.17. The third-order valence-corrected chi connectivity index (χ3v) is 2.02. The van der Waals surface area contributed by atoms with E-state index in [-0.39, 0.29) is 5.70 Å². The zero-order valence-electron chi connectivity index (χ0n) is 9.47. The maximum Gasteiger partial charge on any atom is 0.243 e. The molecule has 0 radical (unpaired) electrons. The Morgan fingerprint density at radius 3 is 2.56 bits per heavy atom. The molecule has 0 aliphatic rings. The van der Waals surface area contributed by atoms with Gasteiger partial charge < -0.3 is 4.74 Å². The van der Waals surface area contributed by atoms with Gasteiger partial charge in [-0.3, -0.25) is 10.1 Å². The van der Waals surface area contributed by atoms with Crippen molar-refractivity contribution >= 4 is 6.08 Å². The lowest BCUT2D eigenvalue weighted by Gasteiger charge is -2.03. The Balaban J connectivity index is 2.71. The van der Waals surface area contributed by atoms with E-state index in [1.807, 2.05) is 19.1 Å². The average molecular weight is 221 g/mol. The van der Waals surface area contributed by atoms with E-state index < -0.39 is 4.92 Å². The molecule has 1 aromatic rings. The van der Waals surface area contributed by atoms with Crippen molar-refractivity contribution in [2.24, 2.45) is 0 Å². The molecule has 0 aliphatic heterocycles. The molecule has 0 aromatic heterocycles. The highest BCUT2D eigenvalue weighted by atomic mass is 16.6. The summed E-state index contributed by atoms with van der Waals surface area (Å²) in [6, 6.07) is 7.24. The smallest absolute Gasteiger partial charge is 0.243 e. The molecule has 0 heterocycles. The molecule has 16 heavy (non-hydrogen) atoms. The Morgan fingerprint density at radius 1 is 1.44 bits per heavy atom. The molecule has 0 fully saturated rings. The maximum atomic E-state index is 10.4. The van der Waals surface area contributed by atoms with Crippen LogP contribution in [0.3, 0.4) is 0 Å². The van der Waals surface area contributed by atoms with Crippen LogP contribution in [0.25, 0.3) is 6.08 Å². The quantitative estimate of drug-likeness (QED) is 0.567. The average Bonchev–Trinajstić information content (AvgIpc) is 2.28. The molecule has 0 atom stereocenters. The minimum Gasteiger partial charge on any atom is -0.494 e. The number of nitrogens with zero attached hydrogens (tertiary/aromatic N) is 1. The summed E-state index contributed by atoms with van der Waals surface area (Å²) in [5, 5.41) is 10.4. The molecule has 0 unspecified atom stereocenters. The first-order valence-electron chi connectivity index (χ1n) is 5.19. The summed E-state index contributed by atoms with van der Waals surface area (Å²) in [6.45, 7) is 4.20. The van der Waals surface area contributed by atoms with Crippen molar-refractivity contribution in [3.05, 3.63) is 45.6 Å². The first-order valence-corrected chi connectivity index (χ1v) is 5.19. The summed E-state index contributed by atoms with van der Waals surface area (Å²) >= 11 is 0. The first-order chi connectivity index (χ1) is 7.63. The Labute approximate surface area is 94.7 Å². The zero-order chi connectivity index (χ0) is 12.0. The molecular weight excluding hydrogens is 206 g/mol. The topological polar surface area (TPSA) is 52.4 Å². The highest BCUT2D eigenvalue weighted by Gasteiger charge is 2.01. The number of hydrogen-bond acceptors (Lipinski definition) is 3. The maximum absolute atomic E-state index is 10.4. The summed E-state index contributed by atoms with van der Waals surface area (Å²) in [5.41, 5.74) is 0.931. The third kappa shape index (κ3) is 3.73. The summed E-state index contributed by atoms with van der Waals surface area (Å²) in [7, 11) is 0. The molecule has 0 spiro atoms. The van der Waals surface area contributed by atoms with Gasteiger partial charge in [0.1, 0.15) is 5.75 Å². The van der Waals surface area contributed by atoms with E-state index in [1.54, 1.807) is 12.1 Å². The predicted octanol–water partition coefficient (Wildman–Crippen LogP) is 3.11. The predicted molar refractivity (Wildman–Crippen MR) is 62.9 cm³/mol. The minimum atomic E-state index is -0.401. The van der Waals surface area contributed by atoms with Gasteiger partial charge in [0, 0.05) is 13.0 Å². The summed E-state index contributed by atoms with van der Waals surface area (Å²) in [4.78, 5) is 10.0. The molecule has 0 saturated carbocycles. The van der Waals surface area contributed by atoms with E-state index in [0.29, 0.717) is 6.61 Å². The summed E-state index contributed by atoms with van der Waals surface area (Å²) in [6.07, 6.45) is 2.49. The van der Waals surface area contributed by atoms with E-state index in [1.165, 1.54) is 13.0 Å². The Bertz CT molecular complexity index is 382. The number of nitro groups is 1. The fourth-order valence-corrected chi connectivity index (χ4v) is 1.17. The SMILES string of the molecule is CCCOc1ccc(/C=C(/C)[N+](=O)[O-])cc1. The van der Waals surface area contributed by atoms with Gasteiger partial charge in [0.05, 0.1) is 11.5 Å². The van der Waals surface area contributed by atoms with Crippen LogP contribution in [0.4, 0.5) is 0 Å². The molecule has 0 N–H and O–H groups in total. The standard InChI is InChI=1S/C12H15NO3/c1-3-8-16-12-6-4-11(5-7-12)9-10(2)13(14)15/h4-7,9H,3,8H2,1-2H3/b10-9-. The van der Waals surface area contributed by atoms with Gasteiger partial charge in [-0.2, -0.15) is 0 Å². The number of allylic oxidation sites excluding steroid dienone is 1. The van der Waals surface area contributed by atoms with E-state index in [0.717, 1.165) is 17.7 Å². The fraction of sp³-hybridized carbons (Fsp3) is 0.333. The van der Waals surface area contributed by atoms with Gasteiger partial charge in [-0.05, 0) is 24.1 Å². The van der Waals surface area contributed by atoms with Gasteiger partial charge in [-0.1, -0.05) is 19.1 Å². The van der Waals surface area contributed by atoms with Gasteiger partial charge >= 0.3 is 0 Å². The van der Waals surface area contributed by atoms with Crippen molar-refractivity contribution in [2.45, 2.75) is 20.3 Å². The molecule has 0 amide bonds. The highest BCUT2D eigenvalue weighted by Crippen LogP contribution is 2.14. The van der Waals surface area contributed by atoms with E-state index in [9.17, 15) is 10.1 Å². The van der Waals surface area contributed by atoms with Gasteiger partial charge in [0.2, 0.25) is 5.70 Å². The second-order valence-electron chi connectivity index (χ2n) is 3.46. The lowest BCUT2D eigenvalue weighted by atomic mass is 10.2. The number of ether oxygens (including phenoxy) is 1. The highest BCUT2D eigenvalue weighted by molar-refractivity contribution is 5.51. The van der Waals surface area contributed by atoms with Crippen molar-refractivity contribution in [2.75, 3.05) is 6.61 Å². The second-order valence-corrected chi connectivity index (χ2v) is 3.46. The molecule has 1 rings (SSSR count). The van der Waals surface area contributed by atoms with Gasteiger partial charge in [-0.15, -0.1) is 0 Å². The van der Waals surface area contributed by atoms with Crippen LogP contribution in [0.15, 0.2) is 30.0 Å². The lowest BCUT2D eigenvalue weighted by Crippen LogP contribution is -1.95. The van der Waals surface area contributed by atoms with Crippen molar-refractivity contribution in [3.8, 4) is 5.75 Å². The van der Waals surface area contributed by atoms with Crippen LogP contribution in [0, 0.1) is 10.1 Å². The number of rotatable bonds is 5. The molecule has 0 bridgehead atoms. The second kappa shape index (κ2) is 5.90. The van der Waals surface area contributed by atoms with Crippen LogP contribution >= 0.6 is 0 Å². The zero-order valence-corrected chi connectivity index (χ0v) is 9.47. The monoisotopic (exact) mass is 221 g/mol. The van der Waals surface area contributed by atoms with Crippen LogP contribution in [0.1, 0.15) is 25.8 Å². The Hall–Kier alpha value is -1.84. The molecule has 4 heteroatoms. The molecular formula is C12H15NO3. The molecule has 0 saturated heterocycles. The first kappa shape index (κ1) is 12.2. The van der Waals surface area contributed by atoms with Crippen LogP contribution in [-0.4, -0.2) is 11.5 Å². The molecule has 1 aromatic carbocycles. The normalized spacial score (nSPS) is 11.2. The van der Waals surface area contributed by atoms with Crippen molar-refractivity contribution in [1.29, 1.82) is 0 Å². The molecule has 86 valence electrons. The van der Waals surface area contributed by atoms with Crippen LogP contribution in [-0.2, 0) is 0 Å². The van der Waals surface area contributed by atoms with Crippen molar-refractivity contribution in [1.82, 2.24) is 0 Å². The van der Waals surface area contributed by atoms with Crippen LogP contribution < -0.4 is 4.74 Å². The number of hydrogen-bond donors (Lipinski definition) is 0. The van der Waals surface area contributed by atoms with Crippen molar-refractivity contribution < 1.29 is 9.66 Å². The molecule has 4 nitrogen and oxygen atoms in total. The van der Waals surface area contributed by atoms with Gasteiger partial charge in [-0.25, -0.2) is 0 Å². The lowest BCUT2D eigenvalue weighted by molar-refractivity contribution is -0.422. The Morgan fingerprint density at radius 2 is 2.06 bits per heavy atom. The third-order valence-electron chi connectivity index (χ3n) is 2.02. The Kier molecular flexibility index (Phi) is 4.51. The van der Waals surface area contributed by atoms with Crippen LogP contribution in [0.2, 0.25) is 0 Å². The van der Waals surface area contributed by atoms with Crippen LogP contribution in [0.5, 0.6) is 5.75 Å². The van der Waals surface area contributed by atoms with Crippen molar-refractivity contribution in [3.63, 3.8) is 0 Å². The van der Waals surface area contributed by atoms with Gasteiger partial charge in [0.25, 0.3) is 0 Å². The van der Waals surface area contributed by atoms with E-state index in [4.69, 9.17) is 4.74 Å².